The van der Waals surface area contributed by atoms with E-state index in [4.69, 9.17) is 0 Å². The monoisotopic (exact) mass is 994 g/mol. The fourth-order valence-corrected chi connectivity index (χ4v) is 15.6. The quantitative estimate of drug-likeness (QED) is 0.147. The van der Waals surface area contributed by atoms with E-state index in [2.05, 4.69) is 275 Å². The van der Waals surface area contributed by atoms with Crippen LogP contribution in [0.15, 0.2) is 224 Å². The lowest BCUT2D eigenvalue weighted by Crippen LogP contribution is -2.60. The van der Waals surface area contributed by atoms with Gasteiger partial charge in [-0.05, 0) is 126 Å². The topological polar surface area (TPSA) is 9.86 Å². The summed E-state index contributed by atoms with van der Waals surface area (Å²) in [5.41, 5.74) is 30.3. The molecule has 2 aromatic heterocycles. The maximum absolute atomic E-state index is 2.79. The Bertz CT molecular complexity index is 4730. The molecule has 0 saturated heterocycles. The Morgan fingerprint density at radius 2 is 0.936 bits per heavy atom. The van der Waals surface area contributed by atoms with Gasteiger partial charge in [-0.25, -0.2) is 0 Å². The normalized spacial score (nSPS) is 14.1. The van der Waals surface area contributed by atoms with E-state index in [9.17, 15) is 0 Å². The first-order valence-corrected chi connectivity index (χ1v) is 28.0. The van der Waals surface area contributed by atoms with Gasteiger partial charge >= 0.3 is 0 Å². The number of hydrogen-bond acceptors (Lipinski definition) is 0. The number of fused-ring (bicyclic) bond motifs is 13. The zero-order valence-electron chi connectivity index (χ0n) is 44.8. The molecule has 368 valence electrons. The Morgan fingerprint density at radius 3 is 1.56 bits per heavy atom. The van der Waals surface area contributed by atoms with E-state index >= 15 is 0 Å². The molecule has 3 aliphatic heterocycles. The highest BCUT2D eigenvalue weighted by atomic mass is 15.1. The number of benzene rings is 11. The summed E-state index contributed by atoms with van der Waals surface area (Å²) in [6, 6.07) is 86.8. The number of nitrogens with zero attached hydrogens (tertiary/aromatic N) is 2. The van der Waals surface area contributed by atoms with Gasteiger partial charge in [-0.15, -0.1) is 0 Å². The third kappa shape index (κ3) is 5.39. The molecule has 5 heterocycles. The molecule has 0 unspecified atom stereocenters. The van der Waals surface area contributed by atoms with Crippen LogP contribution in [0.1, 0.15) is 83.3 Å². The fourth-order valence-electron chi connectivity index (χ4n) is 15.6. The molecular formula is C75H55BN2. The van der Waals surface area contributed by atoms with Gasteiger partial charge in [0.1, 0.15) is 0 Å². The minimum Gasteiger partial charge on any atom is -0.310 e. The van der Waals surface area contributed by atoms with Gasteiger partial charge in [-0.2, -0.15) is 0 Å². The first-order valence-electron chi connectivity index (χ1n) is 28.0. The number of aromatic nitrogens is 2. The summed E-state index contributed by atoms with van der Waals surface area (Å²) >= 11 is 0. The van der Waals surface area contributed by atoms with Crippen molar-refractivity contribution in [2.24, 2.45) is 0 Å². The first kappa shape index (κ1) is 44.2. The highest BCUT2D eigenvalue weighted by Crippen LogP contribution is 2.63. The molecule has 0 N–H and O–H groups in total. The second kappa shape index (κ2) is 15.2. The lowest BCUT2D eigenvalue weighted by Gasteiger charge is -2.44. The number of aryl methyl sites for hydroxylation is 2. The molecule has 0 radical (unpaired) electrons. The van der Waals surface area contributed by atoms with Gasteiger partial charge in [-0.1, -0.05) is 245 Å². The highest BCUT2D eigenvalue weighted by molar-refractivity contribution is 7.00. The van der Waals surface area contributed by atoms with Gasteiger partial charge in [-0.3, -0.25) is 0 Å². The van der Waals surface area contributed by atoms with Crippen molar-refractivity contribution in [2.45, 2.75) is 57.8 Å². The van der Waals surface area contributed by atoms with Crippen molar-refractivity contribution in [3.05, 3.63) is 280 Å². The number of rotatable bonds is 6. The van der Waals surface area contributed by atoms with E-state index in [-0.39, 0.29) is 17.5 Å². The van der Waals surface area contributed by atoms with Crippen molar-refractivity contribution < 1.29 is 0 Å². The SMILES string of the molecule is Cc1ccc2c(c1)C1(c3cc(C)ccc3-2)c2ccc3c4c2-n2c5c(cc(C(C)(C)c6ccccc6)cc5c5cc(C(C)(C)c6ccccc6)cc1c52)B4c1cc2ccccc2c2c(-c4ccccc4)c(-c4ccccc4)n-3c12. The van der Waals surface area contributed by atoms with Crippen LogP contribution in [-0.4, -0.2) is 15.8 Å². The van der Waals surface area contributed by atoms with Crippen molar-refractivity contribution in [3.8, 4) is 44.9 Å². The van der Waals surface area contributed by atoms with Crippen LogP contribution in [0.2, 0.25) is 0 Å². The Morgan fingerprint density at radius 1 is 0.397 bits per heavy atom. The zero-order valence-corrected chi connectivity index (χ0v) is 44.8. The van der Waals surface area contributed by atoms with E-state index in [1.165, 1.54) is 160 Å². The summed E-state index contributed by atoms with van der Waals surface area (Å²) < 4.78 is 5.50. The Balaban J connectivity index is 1.14. The Kier molecular flexibility index (Phi) is 8.61. The largest absolute Gasteiger partial charge is 0.310 e. The van der Waals surface area contributed by atoms with E-state index in [1.54, 1.807) is 0 Å². The van der Waals surface area contributed by atoms with Gasteiger partial charge in [0, 0.05) is 49.4 Å². The maximum atomic E-state index is 2.79. The molecule has 2 nitrogen and oxygen atoms in total. The highest BCUT2D eigenvalue weighted by Gasteiger charge is 2.55. The van der Waals surface area contributed by atoms with E-state index in [0.717, 1.165) is 0 Å². The fraction of sp³-hybridized carbons (Fsp3) is 0.120. The molecule has 0 amide bonds. The van der Waals surface area contributed by atoms with Crippen molar-refractivity contribution in [3.63, 3.8) is 0 Å². The molecule has 1 spiro atoms. The lowest BCUT2D eigenvalue weighted by molar-refractivity contribution is 0.637. The Hall–Kier alpha value is -8.92. The molecule has 17 rings (SSSR count). The van der Waals surface area contributed by atoms with Crippen LogP contribution in [0.4, 0.5) is 0 Å². The maximum Gasteiger partial charge on any atom is 0.252 e. The summed E-state index contributed by atoms with van der Waals surface area (Å²) in [6.45, 7) is 14.2. The van der Waals surface area contributed by atoms with Gasteiger partial charge in [0.25, 0.3) is 6.71 Å². The molecule has 13 aromatic rings. The van der Waals surface area contributed by atoms with Crippen LogP contribution in [0, 0.1) is 13.8 Å². The Labute approximate surface area is 456 Å². The molecule has 11 aromatic carbocycles. The summed E-state index contributed by atoms with van der Waals surface area (Å²) in [5.74, 6) is 0. The molecule has 3 heteroatoms. The third-order valence-corrected chi connectivity index (χ3v) is 19.3. The lowest BCUT2D eigenvalue weighted by atomic mass is 9.33. The van der Waals surface area contributed by atoms with Gasteiger partial charge in [0.2, 0.25) is 0 Å². The van der Waals surface area contributed by atoms with Crippen LogP contribution in [0.25, 0.3) is 88.4 Å². The molecule has 0 saturated carbocycles. The van der Waals surface area contributed by atoms with Crippen LogP contribution in [-0.2, 0) is 16.2 Å². The summed E-state index contributed by atoms with van der Waals surface area (Å²) in [6.07, 6.45) is 0. The zero-order chi connectivity index (χ0) is 52.1. The smallest absolute Gasteiger partial charge is 0.252 e. The standard InChI is InChI=1S/C75H55BN2/c1-44-31-33-54-55-34-32-45(2)38-60(55)75(59(54)37-44)58-35-36-64-67-71(58)78-69-56(40-51(42-61(69)75)73(3,4)49-26-15-9-16-27-49)57-41-52(74(5,6)50-28-17-10-18-29-50)43-63(70(57)78)76(67)62-39-48-25-19-20-30-53(48)66-65(46-21-11-7-12-22-46)68(77(64)72(62)66)47-23-13-8-14-24-47/h7-43H,1-6H3. The van der Waals surface area contributed by atoms with Crippen LogP contribution in [0.5, 0.6) is 0 Å². The van der Waals surface area contributed by atoms with Crippen LogP contribution >= 0.6 is 0 Å². The van der Waals surface area contributed by atoms with Gasteiger partial charge < -0.3 is 9.13 Å². The van der Waals surface area contributed by atoms with Crippen molar-refractivity contribution >= 4 is 66.6 Å². The minimum absolute atomic E-state index is 0.0864. The van der Waals surface area contributed by atoms with Gasteiger partial charge in [0.15, 0.2) is 0 Å². The van der Waals surface area contributed by atoms with Crippen LogP contribution in [0.3, 0.4) is 0 Å². The molecule has 0 atom stereocenters. The molecular weight excluding hydrogens is 940 g/mol. The van der Waals surface area contributed by atoms with Crippen LogP contribution < -0.4 is 16.4 Å². The van der Waals surface area contributed by atoms with Crippen molar-refractivity contribution in [1.82, 2.24) is 9.13 Å². The number of hydrogen-bond donors (Lipinski definition) is 0. The summed E-state index contributed by atoms with van der Waals surface area (Å²) in [7, 11) is 0. The molecule has 0 bridgehead atoms. The summed E-state index contributed by atoms with van der Waals surface area (Å²) in [4.78, 5) is 0. The minimum atomic E-state index is -0.639. The predicted molar refractivity (Wildman–Crippen MR) is 328 cm³/mol. The third-order valence-electron chi connectivity index (χ3n) is 19.3. The molecule has 78 heavy (non-hydrogen) atoms. The van der Waals surface area contributed by atoms with Crippen molar-refractivity contribution in [1.29, 1.82) is 0 Å². The van der Waals surface area contributed by atoms with Crippen molar-refractivity contribution in [2.75, 3.05) is 0 Å². The average molecular weight is 995 g/mol. The second-order valence-electron chi connectivity index (χ2n) is 24.1. The molecule has 0 fully saturated rings. The molecule has 4 aliphatic rings. The van der Waals surface area contributed by atoms with Gasteiger partial charge in [0.05, 0.1) is 22.1 Å². The molecule has 1 aliphatic carbocycles. The summed E-state index contributed by atoms with van der Waals surface area (Å²) in [5, 5.41) is 6.51. The predicted octanol–water partition coefficient (Wildman–Crippen LogP) is 16.3. The van der Waals surface area contributed by atoms with E-state index in [0.29, 0.717) is 0 Å². The first-order chi connectivity index (χ1) is 38.0. The van der Waals surface area contributed by atoms with E-state index < -0.39 is 5.41 Å². The van der Waals surface area contributed by atoms with E-state index in [1.807, 2.05) is 0 Å². The average Bonchev–Trinajstić information content (AvgIpc) is 3.96. The second-order valence-corrected chi connectivity index (χ2v) is 24.1.